The number of hydrogen-bond donors (Lipinski definition) is 2. The molecular weight excluding hydrogens is 427 g/mol. The monoisotopic (exact) mass is 447 g/mol. The van der Waals surface area contributed by atoms with E-state index >= 15 is 0 Å². The summed E-state index contributed by atoms with van der Waals surface area (Å²) in [5.74, 6) is 1.39. The van der Waals surface area contributed by atoms with Crippen LogP contribution in [-0.4, -0.2) is 28.2 Å². The van der Waals surface area contributed by atoms with E-state index in [0.29, 0.717) is 24.6 Å². The molecule has 0 saturated carbocycles. The van der Waals surface area contributed by atoms with E-state index < -0.39 is 11.9 Å². The number of thiocarbonyl (C=S) groups is 1. The van der Waals surface area contributed by atoms with Crippen LogP contribution in [0.1, 0.15) is 24.3 Å². The molecule has 0 amide bonds. The first kappa shape index (κ1) is 21.1. The lowest BCUT2D eigenvalue weighted by Crippen LogP contribution is -2.29. The van der Waals surface area contributed by atoms with Gasteiger partial charge in [-0.3, -0.25) is 0 Å². The summed E-state index contributed by atoms with van der Waals surface area (Å²) in [5, 5.41) is 5.67. The van der Waals surface area contributed by atoms with E-state index in [0.717, 1.165) is 24.5 Å². The normalized spacial score (nSPS) is 14.0. The number of benzene rings is 1. The predicted molar refractivity (Wildman–Crippen MR) is 116 cm³/mol. The maximum absolute atomic E-state index is 13.3. The average molecular weight is 447 g/mol. The van der Waals surface area contributed by atoms with Crippen LogP contribution in [0.5, 0.6) is 0 Å². The second kappa shape index (κ2) is 8.93. The zero-order valence-corrected chi connectivity index (χ0v) is 17.3. The lowest BCUT2D eigenvalue weighted by Gasteiger charge is -2.19. The van der Waals surface area contributed by atoms with Gasteiger partial charge < -0.3 is 20.0 Å². The summed E-state index contributed by atoms with van der Waals surface area (Å²) in [6.45, 7) is 1.59. The molecule has 1 saturated heterocycles. The summed E-state index contributed by atoms with van der Waals surface area (Å²) >= 11 is 5.21. The molecule has 1 aliphatic heterocycles. The van der Waals surface area contributed by atoms with Crippen LogP contribution in [-0.2, 0) is 12.7 Å². The minimum Gasteiger partial charge on any atom is -0.459 e. The van der Waals surface area contributed by atoms with Gasteiger partial charge in [0, 0.05) is 24.7 Å². The molecule has 0 bridgehead atoms. The van der Waals surface area contributed by atoms with Crippen molar-refractivity contribution in [2.75, 3.05) is 23.3 Å². The fraction of sp³-hybridized carbons (Fsp3) is 0.286. The average Bonchev–Trinajstić information content (AvgIpc) is 3.44. The van der Waals surface area contributed by atoms with Crippen molar-refractivity contribution in [2.24, 2.45) is 0 Å². The third kappa shape index (κ3) is 5.32. The van der Waals surface area contributed by atoms with Crippen molar-refractivity contribution in [3.05, 3.63) is 60.0 Å². The third-order valence-electron chi connectivity index (χ3n) is 4.80. The van der Waals surface area contributed by atoms with Crippen LogP contribution in [0.4, 0.5) is 24.9 Å². The molecule has 1 aliphatic rings. The first-order valence-corrected chi connectivity index (χ1v) is 10.2. The van der Waals surface area contributed by atoms with E-state index in [1.165, 1.54) is 0 Å². The fourth-order valence-corrected chi connectivity index (χ4v) is 3.45. The van der Waals surface area contributed by atoms with E-state index in [-0.39, 0.29) is 23.4 Å². The van der Waals surface area contributed by atoms with Gasteiger partial charge in [-0.2, -0.15) is 18.2 Å². The lowest BCUT2D eigenvalue weighted by molar-refractivity contribution is -0.141. The second-order valence-corrected chi connectivity index (χ2v) is 7.47. The number of hydrogen-bond acceptors (Lipinski definition) is 5. The van der Waals surface area contributed by atoms with Crippen LogP contribution >= 0.6 is 12.2 Å². The van der Waals surface area contributed by atoms with E-state index in [9.17, 15) is 13.2 Å². The Hall–Kier alpha value is -3.14. The molecule has 0 radical (unpaired) electrons. The first-order valence-electron chi connectivity index (χ1n) is 9.79. The summed E-state index contributed by atoms with van der Waals surface area (Å²) in [4.78, 5) is 9.62. The molecule has 2 N–H and O–H groups in total. The van der Waals surface area contributed by atoms with Gasteiger partial charge in [-0.25, -0.2) is 4.98 Å². The van der Waals surface area contributed by atoms with Crippen LogP contribution in [0, 0.1) is 0 Å². The van der Waals surface area contributed by atoms with Crippen molar-refractivity contribution >= 4 is 29.1 Å². The Morgan fingerprint density at radius 2 is 1.81 bits per heavy atom. The molecule has 1 aromatic carbocycles. The molecule has 6 nitrogen and oxygen atoms in total. The molecule has 4 rings (SSSR count). The van der Waals surface area contributed by atoms with E-state index in [4.69, 9.17) is 16.6 Å². The Morgan fingerprint density at radius 3 is 2.52 bits per heavy atom. The standard InChI is InChI=1S/C21H20F3N5OS/c22-21(23,24)17-12-18(29-10-4-5-11-29)27-19(26-17)28-20(31)25-13-15-8-9-16(30-15)14-6-2-1-3-7-14/h1-3,6-9,12H,4-5,10-11,13H2,(H2,25,26,27,28,31). The summed E-state index contributed by atoms with van der Waals surface area (Å²) in [5.41, 5.74) is -0.0607. The number of nitrogens with zero attached hydrogens (tertiary/aromatic N) is 3. The van der Waals surface area contributed by atoms with Gasteiger partial charge in [-0.1, -0.05) is 30.3 Å². The van der Waals surface area contributed by atoms with Gasteiger partial charge in [-0.15, -0.1) is 0 Å². The molecule has 1 fully saturated rings. The van der Waals surface area contributed by atoms with Crippen LogP contribution in [0.15, 0.2) is 52.9 Å². The molecule has 0 unspecified atom stereocenters. The molecule has 2 aromatic heterocycles. The van der Waals surface area contributed by atoms with Crippen molar-refractivity contribution in [1.82, 2.24) is 15.3 Å². The van der Waals surface area contributed by atoms with Crippen molar-refractivity contribution in [3.63, 3.8) is 0 Å². The lowest BCUT2D eigenvalue weighted by atomic mass is 10.2. The zero-order valence-electron chi connectivity index (χ0n) is 16.4. The van der Waals surface area contributed by atoms with E-state index in [1.54, 1.807) is 0 Å². The summed E-state index contributed by atoms with van der Waals surface area (Å²) < 4.78 is 45.6. The third-order valence-corrected chi connectivity index (χ3v) is 5.05. The molecule has 0 atom stereocenters. The maximum Gasteiger partial charge on any atom is 0.433 e. The Morgan fingerprint density at radius 1 is 1.06 bits per heavy atom. The van der Waals surface area contributed by atoms with E-state index in [2.05, 4.69) is 20.6 Å². The largest absolute Gasteiger partial charge is 0.459 e. The zero-order chi connectivity index (χ0) is 21.8. The van der Waals surface area contributed by atoms with Gasteiger partial charge in [0.05, 0.1) is 6.54 Å². The minimum absolute atomic E-state index is 0.101. The summed E-state index contributed by atoms with van der Waals surface area (Å²) in [6.07, 6.45) is -2.74. The van der Waals surface area contributed by atoms with Gasteiger partial charge in [0.25, 0.3) is 0 Å². The van der Waals surface area contributed by atoms with Gasteiger partial charge >= 0.3 is 6.18 Å². The smallest absolute Gasteiger partial charge is 0.433 e. The second-order valence-electron chi connectivity index (χ2n) is 7.07. The highest BCUT2D eigenvalue weighted by Crippen LogP contribution is 2.31. The Balaban J connectivity index is 1.42. The fourth-order valence-electron chi connectivity index (χ4n) is 3.29. The Bertz CT molecular complexity index is 1050. The predicted octanol–water partition coefficient (Wildman–Crippen LogP) is 4.84. The molecule has 0 spiro atoms. The maximum atomic E-state index is 13.3. The van der Waals surface area contributed by atoms with Crippen LogP contribution in [0.2, 0.25) is 0 Å². The van der Waals surface area contributed by atoms with Crippen LogP contribution in [0.3, 0.4) is 0 Å². The van der Waals surface area contributed by atoms with Gasteiger partial charge in [0.2, 0.25) is 5.95 Å². The van der Waals surface area contributed by atoms with E-state index in [1.807, 2.05) is 47.4 Å². The van der Waals surface area contributed by atoms with Gasteiger partial charge in [-0.05, 0) is 37.2 Å². The quantitative estimate of drug-likeness (QED) is 0.543. The number of aromatic nitrogens is 2. The molecule has 3 aromatic rings. The van der Waals surface area contributed by atoms with Gasteiger partial charge in [0.15, 0.2) is 10.8 Å². The molecule has 3 heterocycles. The Kier molecular flexibility index (Phi) is 6.08. The van der Waals surface area contributed by atoms with Crippen molar-refractivity contribution in [1.29, 1.82) is 0 Å². The summed E-state index contributed by atoms with van der Waals surface area (Å²) in [7, 11) is 0. The minimum atomic E-state index is -4.58. The molecular formula is C21H20F3N5OS. The van der Waals surface area contributed by atoms with Crippen molar-refractivity contribution in [2.45, 2.75) is 25.6 Å². The molecule has 0 aliphatic carbocycles. The number of alkyl halides is 3. The molecule has 31 heavy (non-hydrogen) atoms. The molecule has 10 heteroatoms. The highest BCUT2D eigenvalue weighted by molar-refractivity contribution is 7.80. The SMILES string of the molecule is FC(F)(F)c1cc(N2CCCC2)nc(NC(=S)NCc2ccc(-c3ccccc3)o2)n1. The summed E-state index contributed by atoms with van der Waals surface area (Å²) in [6, 6.07) is 14.3. The first-order chi connectivity index (χ1) is 14.9. The topological polar surface area (TPSA) is 66.2 Å². The molecule has 162 valence electrons. The van der Waals surface area contributed by atoms with Gasteiger partial charge in [0.1, 0.15) is 17.3 Å². The van der Waals surface area contributed by atoms with Crippen molar-refractivity contribution < 1.29 is 17.6 Å². The number of nitrogens with one attached hydrogen (secondary N) is 2. The van der Waals surface area contributed by atoms with Crippen LogP contribution in [0.25, 0.3) is 11.3 Å². The number of anilines is 2. The Labute approximate surface area is 182 Å². The number of furan rings is 1. The number of rotatable bonds is 5. The van der Waals surface area contributed by atoms with Crippen LogP contribution < -0.4 is 15.5 Å². The highest BCUT2D eigenvalue weighted by atomic mass is 32.1. The van der Waals surface area contributed by atoms with Crippen molar-refractivity contribution in [3.8, 4) is 11.3 Å². The highest BCUT2D eigenvalue weighted by Gasteiger charge is 2.34. The number of halogens is 3.